The van der Waals surface area contributed by atoms with Crippen molar-refractivity contribution in [3.8, 4) is 56.3 Å². The number of aromatic nitrogens is 2. The van der Waals surface area contributed by atoms with Crippen LogP contribution in [0, 0.1) is 12.1 Å². The average molecular weight is 667 g/mol. The summed E-state index contributed by atoms with van der Waals surface area (Å²) in [6.07, 6.45) is 3.59. The molecule has 2 aromatic heterocycles. The van der Waals surface area contributed by atoms with Crippen LogP contribution in [0.25, 0.3) is 44.8 Å². The topological polar surface area (TPSA) is 35.0 Å². The molecule has 3 nitrogen and oxygen atoms in total. The van der Waals surface area contributed by atoms with Crippen molar-refractivity contribution in [3.63, 3.8) is 0 Å². The molecule has 185 valence electrons. The number of rotatable bonds is 2. The van der Waals surface area contributed by atoms with Crippen LogP contribution in [-0.2, 0) is 20.1 Å². The van der Waals surface area contributed by atoms with Gasteiger partial charge in [-0.2, -0.15) is 0 Å². The van der Waals surface area contributed by atoms with Gasteiger partial charge in [0.1, 0.15) is 5.75 Å². The Balaban J connectivity index is 0.000000191. The molecular weight excluding hydrogens is 645 g/mol. The van der Waals surface area contributed by atoms with E-state index in [1.165, 1.54) is 0 Å². The van der Waals surface area contributed by atoms with Crippen molar-refractivity contribution < 1.29 is 24.8 Å². The Bertz CT molecular complexity index is 1600. The van der Waals surface area contributed by atoms with Crippen LogP contribution in [0.2, 0.25) is 0 Å². The van der Waals surface area contributed by atoms with Crippen LogP contribution in [0.1, 0.15) is 0 Å². The molecule has 1 aliphatic rings. The van der Waals surface area contributed by atoms with Gasteiger partial charge in [0.25, 0.3) is 0 Å². The van der Waals surface area contributed by atoms with Gasteiger partial charge < -0.3 is 14.7 Å². The Morgan fingerprint density at radius 3 is 1.87 bits per heavy atom. The molecule has 0 amide bonds. The Hall–Kier alpha value is -4.37. The van der Waals surface area contributed by atoms with Crippen molar-refractivity contribution in [2.45, 2.75) is 0 Å². The summed E-state index contributed by atoms with van der Waals surface area (Å²) in [5.41, 5.74) is 8.29. The summed E-state index contributed by atoms with van der Waals surface area (Å²) in [6.45, 7) is 0. The van der Waals surface area contributed by atoms with Gasteiger partial charge in [-0.15, -0.1) is 53.6 Å². The fraction of sp³-hybridized carbons (Fsp3) is 0. The number of fused-ring (bicyclic) bond motifs is 5. The number of para-hydroxylation sites is 1. The van der Waals surface area contributed by atoms with E-state index in [9.17, 15) is 0 Å². The van der Waals surface area contributed by atoms with E-state index in [1.807, 2.05) is 91.0 Å². The zero-order valence-electron chi connectivity index (χ0n) is 20.3. The minimum Gasteiger partial charge on any atom is -0.476 e. The van der Waals surface area contributed by atoms with Crippen LogP contribution in [0.5, 0.6) is 11.5 Å². The quantitative estimate of drug-likeness (QED) is 0.174. The van der Waals surface area contributed by atoms with Crippen molar-refractivity contribution >= 4 is 0 Å². The molecule has 0 fully saturated rings. The standard InChI is InChI=1S/C23H14NO.C11H8N.Ir/c1-2-10-18-16(8-1)17-9-3-4-13-21(17)25-22-14-7-11-19(23(18)22)20-12-5-6-15-24-20;1-2-6-10(7-3-1)11-8-4-5-9-12-11;/h1-10,12-15H;1-6,8-9H;/q2*-1;. The first-order chi connectivity index (χ1) is 18.4. The predicted molar refractivity (Wildman–Crippen MR) is 148 cm³/mol. The number of hydrogen-bond donors (Lipinski definition) is 0. The van der Waals surface area contributed by atoms with Crippen LogP contribution in [0.4, 0.5) is 0 Å². The molecule has 0 N–H and O–H groups in total. The van der Waals surface area contributed by atoms with Crippen LogP contribution in [-0.4, -0.2) is 9.97 Å². The van der Waals surface area contributed by atoms with Gasteiger partial charge in [0.05, 0.1) is 5.75 Å². The Morgan fingerprint density at radius 1 is 0.500 bits per heavy atom. The monoisotopic (exact) mass is 667 g/mol. The second-order valence-corrected chi connectivity index (χ2v) is 8.44. The van der Waals surface area contributed by atoms with Crippen molar-refractivity contribution in [2.75, 3.05) is 0 Å². The molecule has 0 saturated carbocycles. The molecule has 6 aromatic rings. The summed E-state index contributed by atoms with van der Waals surface area (Å²) in [5, 5.41) is 0. The van der Waals surface area contributed by atoms with Gasteiger partial charge in [-0.3, -0.25) is 0 Å². The van der Waals surface area contributed by atoms with Gasteiger partial charge in [-0.05, 0) is 40.7 Å². The van der Waals surface area contributed by atoms with Crippen LogP contribution in [0.3, 0.4) is 0 Å². The summed E-state index contributed by atoms with van der Waals surface area (Å²) in [7, 11) is 0. The summed E-state index contributed by atoms with van der Waals surface area (Å²) in [6, 6.07) is 46.5. The molecule has 0 atom stereocenters. The molecule has 4 heteroatoms. The Kier molecular flexibility index (Phi) is 7.84. The molecule has 0 unspecified atom stereocenters. The minimum atomic E-state index is 0. The van der Waals surface area contributed by atoms with Gasteiger partial charge in [0.2, 0.25) is 0 Å². The van der Waals surface area contributed by atoms with E-state index < -0.39 is 0 Å². The second-order valence-electron chi connectivity index (χ2n) is 8.44. The minimum absolute atomic E-state index is 0. The smallest absolute Gasteiger partial charge is 0.132 e. The van der Waals surface area contributed by atoms with Crippen molar-refractivity contribution in [1.29, 1.82) is 0 Å². The van der Waals surface area contributed by atoms with E-state index in [4.69, 9.17) is 4.74 Å². The number of hydrogen-bond acceptors (Lipinski definition) is 3. The Labute approximate surface area is 236 Å². The van der Waals surface area contributed by atoms with Gasteiger partial charge in [0.15, 0.2) is 0 Å². The molecular formula is C34H22IrN2O-2. The average Bonchev–Trinajstić information content (AvgIpc) is 3.13. The number of nitrogens with zero attached hydrogens (tertiary/aromatic N) is 2. The molecule has 38 heavy (non-hydrogen) atoms. The second kappa shape index (κ2) is 11.8. The number of benzene rings is 4. The molecule has 1 radical (unpaired) electrons. The van der Waals surface area contributed by atoms with Gasteiger partial charge >= 0.3 is 0 Å². The molecule has 0 saturated heterocycles. The van der Waals surface area contributed by atoms with E-state index in [-0.39, 0.29) is 20.1 Å². The molecule has 4 aromatic carbocycles. The largest absolute Gasteiger partial charge is 0.476 e. The van der Waals surface area contributed by atoms with Gasteiger partial charge in [-0.1, -0.05) is 78.4 Å². The van der Waals surface area contributed by atoms with E-state index in [2.05, 4.69) is 52.4 Å². The number of pyridine rings is 2. The molecule has 0 aliphatic carbocycles. The maximum atomic E-state index is 6.30. The van der Waals surface area contributed by atoms with Crippen molar-refractivity contribution in [1.82, 2.24) is 9.97 Å². The third-order valence-electron chi connectivity index (χ3n) is 6.12. The fourth-order valence-corrected chi connectivity index (χ4v) is 4.45. The Morgan fingerprint density at radius 2 is 1.16 bits per heavy atom. The molecule has 1 aliphatic heterocycles. The normalized spacial score (nSPS) is 10.6. The number of ether oxygens (including phenoxy) is 1. The molecule has 0 spiro atoms. The van der Waals surface area contributed by atoms with E-state index in [0.717, 1.165) is 56.3 Å². The predicted octanol–water partition coefficient (Wildman–Crippen LogP) is 8.53. The fourth-order valence-electron chi connectivity index (χ4n) is 4.45. The summed E-state index contributed by atoms with van der Waals surface area (Å²) in [5.74, 6) is 1.70. The van der Waals surface area contributed by atoms with Gasteiger partial charge in [-0.25, -0.2) is 0 Å². The van der Waals surface area contributed by atoms with Crippen molar-refractivity contribution in [3.05, 3.63) is 146 Å². The first-order valence-corrected chi connectivity index (χ1v) is 12.1. The zero-order chi connectivity index (χ0) is 24.9. The summed E-state index contributed by atoms with van der Waals surface area (Å²) >= 11 is 0. The van der Waals surface area contributed by atoms with E-state index in [1.54, 1.807) is 12.4 Å². The first kappa shape index (κ1) is 25.3. The van der Waals surface area contributed by atoms with Crippen LogP contribution in [0.15, 0.2) is 134 Å². The third kappa shape index (κ3) is 5.19. The maximum absolute atomic E-state index is 6.30. The van der Waals surface area contributed by atoms with Crippen molar-refractivity contribution in [2.24, 2.45) is 0 Å². The third-order valence-corrected chi connectivity index (χ3v) is 6.12. The van der Waals surface area contributed by atoms with Gasteiger partial charge in [0, 0.05) is 38.1 Å². The van der Waals surface area contributed by atoms with E-state index in [0.29, 0.717) is 0 Å². The first-order valence-electron chi connectivity index (χ1n) is 12.1. The molecule has 3 heterocycles. The maximum Gasteiger partial charge on any atom is 0.132 e. The molecule has 7 rings (SSSR count). The summed E-state index contributed by atoms with van der Waals surface area (Å²) in [4.78, 5) is 8.74. The van der Waals surface area contributed by atoms with E-state index >= 15 is 0 Å². The van der Waals surface area contributed by atoms with Crippen LogP contribution >= 0.6 is 0 Å². The SMILES string of the molecule is [Ir].[c-]1ccc2c(c1-c1ccccn1)-c1ccccc1-c1ccccc1O2.[c-]1ccccc1-c1ccccn1. The summed E-state index contributed by atoms with van der Waals surface area (Å²) < 4.78 is 6.30. The molecule has 0 bridgehead atoms. The van der Waals surface area contributed by atoms with Crippen LogP contribution < -0.4 is 4.74 Å². The zero-order valence-corrected chi connectivity index (χ0v) is 22.7.